The van der Waals surface area contributed by atoms with E-state index in [2.05, 4.69) is 24.0 Å². The highest BCUT2D eigenvalue weighted by atomic mass is 16.3. The lowest BCUT2D eigenvalue weighted by Crippen LogP contribution is -1.84. The average Bonchev–Trinajstić information content (AvgIpc) is 2.76. The summed E-state index contributed by atoms with van der Waals surface area (Å²) in [5, 5.41) is 2.28. The molecule has 3 rings (SSSR count). The van der Waals surface area contributed by atoms with Crippen LogP contribution in [0.15, 0.2) is 41.1 Å². The van der Waals surface area contributed by atoms with Crippen LogP contribution in [0.4, 0.5) is 0 Å². The summed E-state index contributed by atoms with van der Waals surface area (Å²) < 4.78 is 5.34. The summed E-state index contributed by atoms with van der Waals surface area (Å²) in [6.45, 7) is 2.14. The first kappa shape index (κ1) is 8.48. The van der Waals surface area contributed by atoms with E-state index < -0.39 is 0 Å². The topological polar surface area (TPSA) is 26.0 Å². The van der Waals surface area contributed by atoms with Gasteiger partial charge in [0.05, 0.1) is 11.8 Å². The van der Waals surface area contributed by atoms with Gasteiger partial charge >= 0.3 is 0 Å². The lowest BCUT2D eigenvalue weighted by molar-refractivity contribution is 0.616. The van der Waals surface area contributed by atoms with Gasteiger partial charge in [-0.15, -0.1) is 0 Å². The van der Waals surface area contributed by atoms with Gasteiger partial charge in [-0.25, -0.2) is 0 Å². The van der Waals surface area contributed by atoms with Crippen molar-refractivity contribution in [1.29, 1.82) is 0 Å². The first-order chi connectivity index (χ1) is 7.38. The summed E-state index contributed by atoms with van der Waals surface area (Å²) >= 11 is 0. The number of nitrogens with zero attached hydrogens (tertiary/aromatic N) is 1. The lowest BCUT2D eigenvalue weighted by Gasteiger charge is -2.00. The van der Waals surface area contributed by atoms with Crippen molar-refractivity contribution in [2.24, 2.45) is 0 Å². The fraction of sp³-hybridized carbons (Fsp3) is 0.154. The number of hydrogen-bond acceptors (Lipinski definition) is 2. The maximum absolute atomic E-state index is 5.34. The Labute approximate surface area is 87.5 Å². The number of pyridine rings is 1. The molecule has 0 amide bonds. The standard InChI is InChI=1S/C13H11NO/c1-2-9-7-10-3-4-12-11(5-6-15-12)13(10)14-8-9/h3-8H,2H2,1H3. The molecule has 74 valence electrons. The molecule has 0 unspecified atom stereocenters. The predicted molar refractivity (Wildman–Crippen MR) is 60.9 cm³/mol. The van der Waals surface area contributed by atoms with Gasteiger partial charge in [0.25, 0.3) is 0 Å². The number of furan rings is 1. The first-order valence-corrected chi connectivity index (χ1v) is 5.13. The van der Waals surface area contributed by atoms with Crippen LogP contribution in [-0.4, -0.2) is 4.98 Å². The van der Waals surface area contributed by atoms with E-state index >= 15 is 0 Å². The Bertz CT molecular complexity index is 625. The first-order valence-electron chi connectivity index (χ1n) is 5.13. The maximum Gasteiger partial charge on any atom is 0.136 e. The van der Waals surface area contributed by atoms with Crippen LogP contribution >= 0.6 is 0 Å². The molecule has 2 nitrogen and oxygen atoms in total. The van der Waals surface area contributed by atoms with E-state index in [1.54, 1.807) is 6.26 Å². The van der Waals surface area contributed by atoms with Crippen LogP contribution in [0.1, 0.15) is 12.5 Å². The van der Waals surface area contributed by atoms with Crippen molar-refractivity contribution >= 4 is 21.9 Å². The van der Waals surface area contributed by atoms with Crippen LogP contribution in [0.2, 0.25) is 0 Å². The van der Waals surface area contributed by atoms with Crippen molar-refractivity contribution in [3.05, 3.63) is 42.3 Å². The largest absolute Gasteiger partial charge is 0.464 e. The van der Waals surface area contributed by atoms with Gasteiger partial charge in [-0.1, -0.05) is 6.92 Å². The number of fused-ring (bicyclic) bond motifs is 3. The molecule has 0 spiro atoms. The minimum Gasteiger partial charge on any atom is -0.464 e. The minimum atomic E-state index is 0.902. The van der Waals surface area contributed by atoms with Gasteiger partial charge in [-0.3, -0.25) is 4.98 Å². The van der Waals surface area contributed by atoms with E-state index in [-0.39, 0.29) is 0 Å². The second-order valence-corrected chi connectivity index (χ2v) is 3.67. The Morgan fingerprint density at radius 1 is 1.27 bits per heavy atom. The van der Waals surface area contributed by atoms with E-state index in [1.807, 2.05) is 18.3 Å². The highest BCUT2D eigenvalue weighted by Gasteiger charge is 2.04. The zero-order chi connectivity index (χ0) is 10.3. The van der Waals surface area contributed by atoms with E-state index in [4.69, 9.17) is 4.42 Å². The molecule has 0 fully saturated rings. The normalized spacial score (nSPS) is 11.3. The Kier molecular flexibility index (Phi) is 1.75. The van der Waals surface area contributed by atoms with Crippen molar-refractivity contribution in [2.75, 3.05) is 0 Å². The van der Waals surface area contributed by atoms with Crippen LogP contribution in [0.5, 0.6) is 0 Å². The van der Waals surface area contributed by atoms with E-state index in [0.717, 1.165) is 22.9 Å². The highest BCUT2D eigenvalue weighted by Crippen LogP contribution is 2.24. The third-order valence-corrected chi connectivity index (χ3v) is 2.75. The van der Waals surface area contributed by atoms with Gasteiger partial charge in [0.15, 0.2) is 0 Å². The Hall–Kier alpha value is -1.83. The average molecular weight is 197 g/mol. The van der Waals surface area contributed by atoms with Crippen LogP contribution in [0, 0.1) is 0 Å². The summed E-state index contributed by atoms with van der Waals surface area (Å²) in [5.74, 6) is 0. The number of hydrogen-bond donors (Lipinski definition) is 0. The minimum absolute atomic E-state index is 0.902. The van der Waals surface area contributed by atoms with Gasteiger partial charge in [-0.2, -0.15) is 0 Å². The number of aromatic nitrogens is 1. The fourth-order valence-electron chi connectivity index (χ4n) is 1.88. The quantitative estimate of drug-likeness (QED) is 0.596. The molecule has 0 aliphatic rings. The summed E-state index contributed by atoms with van der Waals surface area (Å²) in [5.41, 5.74) is 3.20. The molecular weight excluding hydrogens is 186 g/mol. The molecule has 2 aromatic heterocycles. The van der Waals surface area contributed by atoms with Crippen molar-refractivity contribution in [1.82, 2.24) is 4.98 Å². The second kappa shape index (κ2) is 3.09. The summed E-state index contributed by atoms with van der Waals surface area (Å²) in [6.07, 6.45) is 4.67. The molecule has 2 heterocycles. The van der Waals surface area contributed by atoms with Crippen LogP contribution in [0.25, 0.3) is 21.9 Å². The van der Waals surface area contributed by atoms with Gasteiger partial charge in [0.1, 0.15) is 5.58 Å². The Morgan fingerprint density at radius 3 is 3.07 bits per heavy atom. The maximum atomic E-state index is 5.34. The van der Waals surface area contributed by atoms with Crippen LogP contribution in [0.3, 0.4) is 0 Å². The molecule has 0 radical (unpaired) electrons. The number of rotatable bonds is 1. The molecular formula is C13H11NO. The summed E-state index contributed by atoms with van der Waals surface area (Å²) in [7, 11) is 0. The third-order valence-electron chi connectivity index (χ3n) is 2.75. The fourth-order valence-corrected chi connectivity index (χ4v) is 1.88. The molecule has 0 aliphatic heterocycles. The molecule has 1 aromatic carbocycles. The van der Waals surface area contributed by atoms with Gasteiger partial charge in [-0.05, 0) is 36.2 Å². The lowest BCUT2D eigenvalue weighted by atomic mass is 10.1. The molecule has 2 heteroatoms. The van der Waals surface area contributed by atoms with Crippen molar-refractivity contribution < 1.29 is 4.42 Å². The SMILES string of the molecule is CCc1cnc2c(ccc3occc32)c1. The Balaban J connectivity index is 2.44. The number of benzene rings is 1. The molecule has 0 atom stereocenters. The number of aryl methyl sites for hydroxylation is 1. The van der Waals surface area contributed by atoms with Crippen LogP contribution < -0.4 is 0 Å². The summed E-state index contributed by atoms with van der Waals surface area (Å²) in [6, 6.07) is 8.22. The Morgan fingerprint density at radius 2 is 2.20 bits per heavy atom. The molecule has 0 bridgehead atoms. The van der Waals surface area contributed by atoms with Crippen molar-refractivity contribution in [3.8, 4) is 0 Å². The predicted octanol–water partition coefficient (Wildman–Crippen LogP) is 3.54. The van der Waals surface area contributed by atoms with Gasteiger partial charge in [0, 0.05) is 17.0 Å². The zero-order valence-corrected chi connectivity index (χ0v) is 8.53. The van der Waals surface area contributed by atoms with Crippen LogP contribution in [-0.2, 0) is 6.42 Å². The third kappa shape index (κ3) is 1.22. The van der Waals surface area contributed by atoms with Gasteiger partial charge in [0.2, 0.25) is 0 Å². The molecule has 0 saturated carbocycles. The highest BCUT2D eigenvalue weighted by molar-refractivity contribution is 6.03. The van der Waals surface area contributed by atoms with Gasteiger partial charge < -0.3 is 4.42 Å². The molecule has 0 saturated heterocycles. The molecule has 15 heavy (non-hydrogen) atoms. The van der Waals surface area contributed by atoms with Crippen molar-refractivity contribution in [3.63, 3.8) is 0 Å². The van der Waals surface area contributed by atoms with E-state index in [0.29, 0.717) is 0 Å². The molecule has 0 aliphatic carbocycles. The van der Waals surface area contributed by atoms with Crippen molar-refractivity contribution in [2.45, 2.75) is 13.3 Å². The monoisotopic (exact) mass is 197 g/mol. The molecule has 0 N–H and O–H groups in total. The zero-order valence-electron chi connectivity index (χ0n) is 8.53. The van der Waals surface area contributed by atoms with E-state index in [1.165, 1.54) is 10.9 Å². The summed E-state index contributed by atoms with van der Waals surface area (Å²) in [4.78, 5) is 4.49. The smallest absolute Gasteiger partial charge is 0.136 e. The molecule has 3 aromatic rings. The second-order valence-electron chi connectivity index (χ2n) is 3.67. The van der Waals surface area contributed by atoms with E-state index in [9.17, 15) is 0 Å².